The molecule has 5 fully saturated rings. The van der Waals surface area contributed by atoms with Gasteiger partial charge < -0.3 is 24.3 Å². The second-order valence-corrected chi connectivity index (χ2v) is 18.0. The standard InChI is InChI=1S/C45H53N11O6/c1-28-26-55(38-25-36(46-27-47-38)40-34-24-31(62-45(2)11-12-45)4-6-35(34)49-50-40)22-17-52(28)16-15-51-13-9-29(10-14-51)42(59)54-20-18-53(19-21-54)30-3-5-32-33(23-30)44(61)56(43(32)60)37-7-8-39(57)48-41(37)58/h3-6,23-25,27-29,37H,7-22,26H2,1-2H3,(H,49,50)(H,48,57,58)/t28-,37?/m0/s1. The van der Waals surface area contributed by atoms with E-state index in [1.54, 1.807) is 18.5 Å². The van der Waals surface area contributed by atoms with E-state index in [0.717, 1.165) is 116 Å². The smallest absolute Gasteiger partial charge is 0.262 e. The number of anilines is 2. The fourth-order valence-electron chi connectivity index (χ4n) is 9.78. The lowest BCUT2D eigenvalue weighted by Crippen LogP contribution is -2.54. The molecule has 2 N–H and O–H groups in total. The van der Waals surface area contributed by atoms with Gasteiger partial charge in [-0.3, -0.25) is 44.2 Å². The first-order chi connectivity index (χ1) is 30.0. The molecule has 5 amide bonds. The number of aromatic amines is 1. The molecule has 7 heterocycles. The number of aromatic nitrogens is 4. The van der Waals surface area contributed by atoms with E-state index in [9.17, 15) is 24.0 Å². The van der Waals surface area contributed by atoms with Crippen molar-refractivity contribution in [2.45, 2.75) is 70.1 Å². The van der Waals surface area contributed by atoms with Gasteiger partial charge in [-0.25, -0.2) is 9.97 Å². The van der Waals surface area contributed by atoms with E-state index in [-0.39, 0.29) is 41.4 Å². The Kier molecular flexibility index (Phi) is 10.4. The van der Waals surface area contributed by atoms with Crippen LogP contribution in [-0.2, 0) is 14.4 Å². The number of piperidine rings is 2. The van der Waals surface area contributed by atoms with Crippen LogP contribution in [0.4, 0.5) is 11.5 Å². The quantitative estimate of drug-likeness (QED) is 0.223. The molecule has 0 radical (unpaired) electrons. The number of carbonyl (C=O) groups is 5. The van der Waals surface area contributed by atoms with Gasteiger partial charge in [0.2, 0.25) is 17.7 Å². The van der Waals surface area contributed by atoms with Crippen molar-refractivity contribution < 1.29 is 28.7 Å². The zero-order valence-electron chi connectivity index (χ0n) is 35.3. The number of imide groups is 2. The maximum atomic E-state index is 13.7. The van der Waals surface area contributed by atoms with Crippen molar-refractivity contribution in [1.29, 1.82) is 0 Å². The third-order valence-electron chi connectivity index (χ3n) is 13.9. The van der Waals surface area contributed by atoms with Crippen molar-refractivity contribution in [3.63, 3.8) is 0 Å². The molecule has 62 heavy (non-hydrogen) atoms. The molecule has 0 spiro atoms. The van der Waals surface area contributed by atoms with Crippen molar-refractivity contribution in [1.82, 2.24) is 45.1 Å². The molecule has 324 valence electrons. The summed E-state index contributed by atoms with van der Waals surface area (Å²) in [6, 6.07) is 12.6. The lowest BCUT2D eigenvalue weighted by molar-refractivity contribution is -0.138. The van der Waals surface area contributed by atoms with E-state index in [1.165, 1.54) is 0 Å². The topological polar surface area (TPSA) is 181 Å². The summed E-state index contributed by atoms with van der Waals surface area (Å²) in [5.74, 6) is -0.0631. The van der Waals surface area contributed by atoms with Crippen molar-refractivity contribution in [2.75, 3.05) is 81.8 Å². The molecule has 17 nitrogen and oxygen atoms in total. The first-order valence-electron chi connectivity index (χ1n) is 22.1. The fourth-order valence-corrected chi connectivity index (χ4v) is 9.78. The number of ether oxygens (including phenoxy) is 1. The number of carbonyl (C=O) groups excluding carboxylic acids is 5. The van der Waals surface area contributed by atoms with Crippen LogP contribution in [0.2, 0.25) is 0 Å². The average molecular weight is 844 g/mol. The number of piperazine rings is 2. The number of amides is 5. The van der Waals surface area contributed by atoms with Crippen LogP contribution >= 0.6 is 0 Å². The second kappa shape index (κ2) is 16.1. The predicted octanol–water partition coefficient (Wildman–Crippen LogP) is 2.92. The molecule has 0 bridgehead atoms. The van der Waals surface area contributed by atoms with Crippen LogP contribution in [0.1, 0.15) is 73.1 Å². The Balaban J connectivity index is 0.672. The molecular formula is C45H53N11O6. The Morgan fingerprint density at radius 3 is 2.37 bits per heavy atom. The molecule has 2 aromatic carbocycles. The van der Waals surface area contributed by atoms with Gasteiger partial charge in [0, 0.05) is 94.4 Å². The molecule has 1 saturated carbocycles. The highest BCUT2D eigenvalue weighted by molar-refractivity contribution is 6.23. The van der Waals surface area contributed by atoms with Gasteiger partial charge in [-0.05, 0) is 95.4 Å². The Morgan fingerprint density at radius 2 is 1.61 bits per heavy atom. The van der Waals surface area contributed by atoms with Crippen LogP contribution in [-0.4, -0.2) is 159 Å². The van der Waals surface area contributed by atoms with Gasteiger partial charge in [0.15, 0.2) is 0 Å². The molecular weight excluding hydrogens is 791 g/mol. The number of hydrogen-bond donors (Lipinski definition) is 2. The second-order valence-electron chi connectivity index (χ2n) is 18.0. The van der Waals surface area contributed by atoms with Gasteiger partial charge in [0.1, 0.15) is 29.5 Å². The summed E-state index contributed by atoms with van der Waals surface area (Å²) < 4.78 is 6.23. The maximum absolute atomic E-state index is 13.7. The molecule has 4 saturated heterocycles. The normalized spacial score (nSPS) is 23.6. The molecule has 1 unspecified atom stereocenters. The van der Waals surface area contributed by atoms with E-state index in [4.69, 9.17) is 4.74 Å². The molecule has 5 aliphatic heterocycles. The minimum absolute atomic E-state index is 0.0150. The highest BCUT2D eigenvalue weighted by atomic mass is 16.5. The van der Waals surface area contributed by atoms with Crippen LogP contribution < -0.4 is 19.9 Å². The van der Waals surface area contributed by atoms with Gasteiger partial charge in [-0.2, -0.15) is 5.10 Å². The molecule has 10 rings (SSSR count). The highest BCUT2D eigenvalue weighted by Gasteiger charge is 2.45. The summed E-state index contributed by atoms with van der Waals surface area (Å²) in [6.45, 7) is 13.3. The zero-order valence-corrected chi connectivity index (χ0v) is 35.3. The SMILES string of the molecule is C[C@H]1CN(c2cc(-c3[nH]nc4ccc(OC5(C)CC5)cc34)ncn2)CCN1CCN1CCC(C(=O)N2CCN(c3ccc4c(c3)C(=O)N(C3CCC(=O)NC3=O)C4=O)CC2)CC1. The van der Waals surface area contributed by atoms with Crippen molar-refractivity contribution in [3.8, 4) is 17.1 Å². The number of benzene rings is 2. The summed E-state index contributed by atoms with van der Waals surface area (Å²) in [6.07, 6.45) is 5.68. The van der Waals surface area contributed by atoms with E-state index in [2.05, 4.69) is 71.1 Å². The van der Waals surface area contributed by atoms with E-state index in [0.29, 0.717) is 32.2 Å². The Morgan fingerprint density at radius 1 is 0.839 bits per heavy atom. The monoisotopic (exact) mass is 843 g/mol. The summed E-state index contributed by atoms with van der Waals surface area (Å²) in [7, 11) is 0. The summed E-state index contributed by atoms with van der Waals surface area (Å²) in [5.41, 5.74) is 3.82. The number of likely N-dealkylation sites (tertiary alicyclic amines) is 1. The largest absolute Gasteiger partial charge is 0.488 e. The number of nitrogens with one attached hydrogen (secondary N) is 2. The number of hydrogen-bond acceptors (Lipinski definition) is 13. The van der Waals surface area contributed by atoms with Gasteiger partial charge in [0.25, 0.3) is 11.8 Å². The van der Waals surface area contributed by atoms with Gasteiger partial charge in [0.05, 0.1) is 28.0 Å². The minimum atomic E-state index is -0.996. The van der Waals surface area contributed by atoms with Crippen molar-refractivity contribution in [2.24, 2.45) is 5.92 Å². The van der Waals surface area contributed by atoms with Crippen molar-refractivity contribution >= 4 is 51.9 Å². The van der Waals surface area contributed by atoms with Crippen LogP contribution in [0, 0.1) is 5.92 Å². The molecule has 2 atom stereocenters. The predicted molar refractivity (Wildman–Crippen MR) is 230 cm³/mol. The average Bonchev–Trinajstić information content (AvgIpc) is 3.77. The summed E-state index contributed by atoms with van der Waals surface area (Å²) in [4.78, 5) is 86.1. The van der Waals surface area contributed by atoms with Crippen LogP contribution in [0.15, 0.2) is 48.8 Å². The third-order valence-corrected chi connectivity index (χ3v) is 13.9. The van der Waals surface area contributed by atoms with Crippen molar-refractivity contribution in [3.05, 3.63) is 59.9 Å². The number of rotatable bonds is 10. The number of nitrogens with zero attached hydrogens (tertiary/aromatic N) is 9. The van der Waals surface area contributed by atoms with Crippen LogP contribution in [0.25, 0.3) is 22.3 Å². The third kappa shape index (κ3) is 7.76. The van der Waals surface area contributed by atoms with Gasteiger partial charge in [-0.15, -0.1) is 0 Å². The molecule has 4 aromatic rings. The highest BCUT2D eigenvalue weighted by Crippen LogP contribution is 2.41. The molecule has 1 aliphatic carbocycles. The van der Waals surface area contributed by atoms with Gasteiger partial charge >= 0.3 is 0 Å². The lowest BCUT2D eigenvalue weighted by atomic mass is 9.95. The molecule has 2 aromatic heterocycles. The number of H-pyrrole nitrogens is 1. The zero-order chi connectivity index (χ0) is 42.7. The van der Waals surface area contributed by atoms with E-state index < -0.39 is 29.7 Å². The Labute approximate surface area is 359 Å². The first-order valence-corrected chi connectivity index (χ1v) is 22.1. The van der Waals surface area contributed by atoms with E-state index >= 15 is 0 Å². The summed E-state index contributed by atoms with van der Waals surface area (Å²) >= 11 is 0. The van der Waals surface area contributed by atoms with Crippen LogP contribution in [0.3, 0.4) is 0 Å². The summed E-state index contributed by atoms with van der Waals surface area (Å²) in [5, 5.41) is 10.9. The number of fused-ring (bicyclic) bond motifs is 2. The molecule has 6 aliphatic rings. The Bertz CT molecular complexity index is 2440. The molecule has 17 heteroatoms. The fraction of sp³-hybridized carbons (Fsp3) is 0.511. The van der Waals surface area contributed by atoms with Gasteiger partial charge in [-0.1, -0.05) is 0 Å². The maximum Gasteiger partial charge on any atom is 0.262 e. The van der Waals surface area contributed by atoms with E-state index in [1.807, 2.05) is 23.1 Å². The Hall–Kier alpha value is -5.94. The minimum Gasteiger partial charge on any atom is -0.488 e. The lowest BCUT2D eigenvalue weighted by Gasteiger charge is -2.42. The first kappa shape index (κ1) is 40.2. The van der Waals surface area contributed by atoms with Crippen LogP contribution in [0.5, 0.6) is 5.75 Å².